The smallest absolute Gasteiger partial charge is 0.346 e. The van der Waals surface area contributed by atoms with Gasteiger partial charge in [-0.2, -0.15) is 0 Å². The van der Waals surface area contributed by atoms with E-state index >= 15 is 0 Å². The van der Waals surface area contributed by atoms with Gasteiger partial charge in [-0.05, 0) is 13.0 Å². The van der Waals surface area contributed by atoms with Crippen molar-refractivity contribution in [2.75, 3.05) is 5.73 Å². The Morgan fingerprint density at radius 3 is 2.54 bits per heavy atom. The predicted octanol–water partition coefficient (Wildman–Crippen LogP) is 3.83. The number of nitrogens with two attached hydrogens (primary N) is 1. The quantitative estimate of drug-likeness (QED) is 0.405. The normalized spacial score (nSPS) is 12.0. The Labute approximate surface area is 160 Å². The molecule has 0 saturated carbocycles. The van der Waals surface area contributed by atoms with Crippen LogP contribution in [0.25, 0.3) is 10.9 Å². The zero-order chi connectivity index (χ0) is 19.7. The summed E-state index contributed by atoms with van der Waals surface area (Å²) in [5.41, 5.74) is 7.82. The minimum absolute atomic E-state index is 0.0210. The molecule has 0 fully saturated rings. The molecular formula is C21H17N3O4. The fourth-order valence-corrected chi connectivity index (χ4v) is 3.12. The van der Waals surface area contributed by atoms with Gasteiger partial charge in [0, 0.05) is 28.2 Å². The van der Waals surface area contributed by atoms with Crippen molar-refractivity contribution in [3.63, 3.8) is 0 Å². The molecule has 0 aliphatic rings. The van der Waals surface area contributed by atoms with Crippen LogP contribution in [0.15, 0.2) is 65.3 Å². The van der Waals surface area contributed by atoms with Crippen molar-refractivity contribution in [1.82, 2.24) is 10.1 Å². The highest BCUT2D eigenvalue weighted by atomic mass is 16.5. The number of benzene rings is 2. The van der Waals surface area contributed by atoms with Crippen molar-refractivity contribution >= 4 is 28.5 Å². The number of esters is 1. The number of nitrogen functional groups attached to an aromatic ring is 1. The third-order valence-electron chi connectivity index (χ3n) is 4.51. The minimum Gasteiger partial charge on any atom is -0.445 e. The number of nitrogens with zero attached hydrogens (tertiary/aromatic N) is 1. The van der Waals surface area contributed by atoms with Gasteiger partial charge in [-0.1, -0.05) is 53.7 Å². The summed E-state index contributed by atoms with van der Waals surface area (Å²) in [6.45, 7) is 1.58. The van der Waals surface area contributed by atoms with Gasteiger partial charge in [0.25, 0.3) is 0 Å². The highest BCUT2D eigenvalue weighted by Crippen LogP contribution is 2.29. The van der Waals surface area contributed by atoms with Crippen molar-refractivity contribution in [2.24, 2.45) is 0 Å². The highest BCUT2D eigenvalue weighted by Gasteiger charge is 2.30. The molecule has 0 radical (unpaired) electrons. The molecule has 7 nitrogen and oxygen atoms in total. The van der Waals surface area contributed by atoms with E-state index in [0.29, 0.717) is 16.8 Å². The van der Waals surface area contributed by atoms with Crippen molar-refractivity contribution in [1.29, 1.82) is 0 Å². The molecule has 0 bridgehead atoms. The molecule has 0 aliphatic heterocycles. The molecule has 1 atom stereocenters. The summed E-state index contributed by atoms with van der Waals surface area (Å²) in [5.74, 6) is -1.25. The number of fused-ring (bicyclic) bond motifs is 1. The van der Waals surface area contributed by atoms with E-state index < -0.39 is 12.1 Å². The molecule has 4 aromatic rings. The van der Waals surface area contributed by atoms with E-state index in [1.54, 1.807) is 37.4 Å². The SMILES string of the molecule is Cc1noc(N)c1C(=O)O[C@@H](C(=O)c1c[nH]c2ccccc12)c1ccccc1. The van der Waals surface area contributed by atoms with Crippen molar-refractivity contribution in [3.05, 3.63) is 83.2 Å². The second kappa shape index (κ2) is 7.03. The number of hydrogen-bond donors (Lipinski definition) is 2. The van der Waals surface area contributed by atoms with Crippen molar-refractivity contribution in [2.45, 2.75) is 13.0 Å². The molecule has 2 aromatic heterocycles. The first kappa shape index (κ1) is 17.5. The summed E-state index contributed by atoms with van der Waals surface area (Å²) in [6.07, 6.45) is 0.483. The number of aromatic amines is 1. The topological polar surface area (TPSA) is 111 Å². The van der Waals surface area contributed by atoms with Crippen LogP contribution >= 0.6 is 0 Å². The van der Waals surface area contributed by atoms with Gasteiger partial charge in [-0.25, -0.2) is 4.79 Å². The second-order valence-electron chi connectivity index (χ2n) is 6.32. The lowest BCUT2D eigenvalue weighted by Crippen LogP contribution is -2.21. The standard InChI is InChI=1S/C21H17N3O4/c1-12-17(20(22)28-24-12)21(26)27-19(13-7-3-2-4-8-13)18(25)15-11-23-16-10-6-5-9-14(15)16/h2-11,19,23H,22H2,1H3/t19-/m1/s1. The average molecular weight is 375 g/mol. The van der Waals surface area contributed by atoms with E-state index in [0.717, 1.165) is 10.9 Å². The molecule has 0 saturated heterocycles. The van der Waals surface area contributed by atoms with Crippen molar-refractivity contribution < 1.29 is 18.8 Å². The van der Waals surface area contributed by atoms with Crippen LogP contribution in [0.5, 0.6) is 0 Å². The number of nitrogens with one attached hydrogen (secondary N) is 1. The summed E-state index contributed by atoms with van der Waals surface area (Å²) in [4.78, 5) is 29.1. The summed E-state index contributed by atoms with van der Waals surface area (Å²) in [7, 11) is 0. The number of hydrogen-bond acceptors (Lipinski definition) is 6. The molecule has 28 heavy (non-hydrogen) atoms. The van der Waals surface area contributed by atoms with E-state index in [9.17, 15) is 9.59 Å². The number of para-hydroxylation sites is 1. The fraction of sp³-hybridized carbons (Fsp3) is 0.0952. The molecule has 2 aromatic carbocycles. The first-order valence-electron chi connectivity index (χ1n) is 8.64. The lowest BCUT2D eigenvalue weighted by molar-refractivity contribution is 0.0280. The lowest BCUT2D eigenvalue weighted by Gasteiger charge is -2.17. The molecule has 4 rings (SSSR count). The largest absolute Gasteiger partial charge is 0.445 e. The summed E-state index contributed by atoms with van der Waals surface area (Å²) < 4.78 is 10.4. The van der Waals surface area contributed by atoms with E-state index in [2.05, 4.69) is 10.1 Å². The molecule has 0 spiro atoms. The van der Waals surface area contributed by atoms with Crippen LogP contribution in [0.1, 0.15) is 38.1 Å². The maximum atomic E-state index is 13.3. The summed E-state index contributed by atoms with van der Waals surface area (Å²) in [6, 6.07) is 16.3. The van der Waals surface area contributed by atoms with Crippen LogP contribution < -0.4 is 5.73 Å². The molecule has 0 aliphatic carbocycles. The Balaban J connectivity index is 1.74. The van der Waals surface area contributed by atoms with Gasteiger partial charge in [0.1, 0.15) is 5.56 Å². The first-order valence-corrected chi connectivity index (χ1v) is 8.64. The maximum Gasteiger partial charge on any atom is 0.346 e. The third kappa shape index (κ3) is 3.03. The molecule has 0 unspecified atom stereocenters. The zero-order valence-electron chi connectivity index (χ0n) is 15.0. The summed E-state index contributed by atoms with van der Waals surface area (Å²) in [5, 5.41) is 4.42. The Bertz CT molecular complexity index is 1140. The number of aromatic nitrogens is 2. The number of anilines is 1. The number of aryl methyl sites for hydroxylation is 1. The van der Waals surface area contributed by atoms with Crippen LogP contribution in [0, 0.1) is 6.92 Å². The molecule has 140 valence electrons. The van der Waals surface area contributed by atoms with Crippen LogP contribution in [0.2, 0.25) is 0 Å². The zero-order valence-corrected chi connectivity index (χ0v) is 15.0. The molecule has 0 amide bonds. The first-order chi connectivity index (χ1) is 13.6. The fourth-order valence-electron chi connectivity index (χ4n) is 3.12. The maximum absolute atomic E-state index is 13.3. The molecule has 2 heterocycles. The number of ether oxygens (including phenoxy) is 1. The number of carbonyl (C=O) groups excluding carboxylic acids is 2. The number of H-pyrrole nitrogens is 1. The van der Waals surface area contributed by atoms with Gasteiger partial charge < -0.3 is 20.0 Å². The van der Waals surface area contributed by atoms with Gasteiger partial charge >= 0.3 is 5.97 Å². The van der Waals surface area contributed by atoms with Gasteiger partial charge in [0.15, 0.2) is 6.10 Å². The Morgan fingerprint density at radius 1 is 1.11 bits per heavy atom. The van der Waals surface area contributed by atoms with Crippen LogP contribution in [-0.4, -0.2) is 21.9 Å². The van der Waals surface area contributed by atoms with E-state index in [1.165, 1.54) is 0 Å². The van der Waals surface area contributed by atoms with Crippen LogP contribution in [0.4, 0.5) is 5.88 Å². The number of rotatable bonds is 5. The molecular weight excluding hydrogens is 358 g/mol. The van der Waals surface area contributed by atoms with E-state index in [-0.39, 0.29) is 17.2 Å². The summed E-state index contributed by atoms with van der Waals surface area (Å²) >= 11 is 0. The van der Waals surface area contributed by atoms with Crippen LogP contribution in [-0.2, 0) is 4.74 Å². The monoisotopic (exact) mass is 375 g/mol. The van der Waals surface area contributed by atoms with Gasteiger partial charge in [-0.3, -0.25) is 4.79 Å². The van der Waals surface area contributed by atoms with Gasteiger partial charge in [-0.15, -0.1) is 0 Å². The third-order valence-corrected chi connectivity index (χ3v) is 4.51. The lowest BCUT2D eigenvalue weighted by atomic mass is 9.99. The average Bonchev–Trinajstić information content (AvgIpc) is 3.29. The van der Waals surface area contributed by atoms with E-state index in [4.69, 9.17) is 15.0 Å². The number of carbonyl (C=O) groups is 2. The van der Waals surface area contributed by atoms with E-state index in [1.807, 2.05) is 30.3 Å². The van der Waals surface area contributed by atoms with Gasteiger partial charge in [0.05, 0.1) is 5.69 Å². The Kier molecular flexibility index (Phi) is 4.41. The number of Topliss-reactive ketones (excluding diaryl/α,β-unsaturated/α-hetero) is 1. The number of ketones is 1. The Hall–Kier alpha value is -3.87. The molecule has 3 N–H and O–H groups in total. The van der Waals surface area contributed by atoms with Gasteiger partial charge in [0.2, 0.25) is 11.7 Å². The second-order valence-corrected chi connectivity index (χ2v) is 6.32. The predicted molar refractivity (Wildman–Crippen MR) is 103 cm³/mol. The minimum atomic E-state index is -1.14. The van der Waals surface area contributed by atoms with Crippen LogP contribution in [0.3, 0.4) is 0 Å². The Morgan fingerprint density at radius 2 is 1.82 bits per heavy atom. The highest BCUT2D eigenvalue weighted by molar-refractivity contribution is 6.11. The molecule has 7 heteroatoms. The van der Waals surface area contributed by atoms with Crippen molar-refractivity contribution in [3.8, 4) is 0 Å².